The minimum Gasteiger partial charge on any atom is -0.477 e. The molecule has 1 unspecified atom stereocenters. The highest BCUT2D eigenvalue weighted by atomic mass is 16.8. The van der Waals surface area contributed by atoms with Crippen molar-refractivity contribution in [3.63, 3.8) is 0 Å². The van der Waals surface area contributed by atoms with E-state index in [0.717, 1.165) is 5.56 Å². The molecule has 1 aliphatic rings. The van der Waals surface area contributed by atoms with E-state index in [9.17, 15) is 4.79 Å². The van der Waals surface area contributed by atoms with Gasteiger partial charge >= 0.3 is 11.9 Å². The molecule has 0 saturated carbocycles. The molecule has 1 atom stereocenters. The molecule has 22 heavy (non-hydrogen) atoms. The molecule has 6 nitrogen and oxygen atoms in total. The third-order valence-electron chi connectivity index (χ3n) is 3.01. The lowest BCUT2D eigenvalue weighted by atomic mass is 10.1. The lowest BCUT2D eigenvalue weighted by Gasteiger charge is -2.12. The molecule has 1 aromatic carbocycles. The molecule has 0 saturated heterocycles. The van der Waals surface area contributed by atoms with Crippen molar-refractivity contribution in [1.29, 1.82) is 0 Å². The predicted octanol–water partition coefficient (Wildman–Crippen LogP) is 2.57. The van der Waals surface area contributed by atoms with Crippen molar-refractivity contribution in [2.75, 3.05) is 0 Å². The van der Waals surface area contributed by atoms with Gasteiger partial charge in [0.1, 0.15) is 5.56 Å². The molecular formula is C16H13NO5. The zero-order chi connectivity index (χ0) is 15.4. The number of pyridine rings is 1. The smallest absolute Gasteiger partial charge is 0.341 e. The minimum absolute atomic E-state index is 0.0368. The van der Waals surface area contributed by atoms with E-state index in [1.54, 1.807) is 0 Å². The van der Waals surface area contributed by atoms with Crippen LogP contribution in [0.1, 0.15) is 15.9 Å². The predicted molar refractivity (Wildman–Crippen MR) is 76.0 cm³/mol. The van der Waals surface area contributed by atoms with Crippen LogP contribution < -0.4 is 4.74 Å². The van der Waals surface area contributed by atoms with Gasteiger partial charge < -0.3 is 19.3 Å². The van der Waals surface area contributed by atoms with Gasteiger partial charge in [-0.2, -0.15) is 0 Å². The van der Waals surface area contributed by atoms with Crippen molar-refractivity contribution >= 4 is 5.97 Å². The molecule has 1 N–H and O–H groups in total. The number of aromatic carboxylic acids is 1. The number of hydrogen-bond donors (Lipinski definition) is 1. The van der Waals surface area contributed by atoms with E-state index in [2.05, 4.69) is 4.98 Å². The number of rotatable bonds is 5. The van der Waals surface area contributed by atoms with Crippen molar-refractivity contribution in [3.05, 3.63) is 72.0 Å². The first-order valence-electron chi connectivity index (χ1n) is 6.65. The molecule has 1 aliphatic heterocycles. The molecule has 6 heteroatoms. The summed E-state index contributed by atoms with van der Waals surface area (Å²) in [6.07, 6.45) is 2.81. The fraction of sp³-hybridized carbons (Fsp3) is 0.125. The van der Waals surface area contributed by atoms with Gasteiger partial charge in [-0.3, -0.25) is 0 Å². The number of benzene rings is 1. The second kappa shape index (κ2) is 6.17. The summed E-state index contributed by atoms with van der Waals surface area (Å²) in [7, 11) is 0. The molecule has 0 radical (unpaired) electrons. The summed E-state index contributed by atoms with van der Waals surface area (Å²) in [6, 6.07) is 12.7. The van der Waals surface area contributed by atoms with Crippen LogP contribution in [0.3, 0.4) is 0 Å². The number of ether oxygens (including phenoxy) is 3. The van der Waals surface area contributed by atoms with Crippen LogP contribution in [0.15, 0.2) is 60.9 Å². The first-order valence-corrected chi connectivity index (χ1v) is 6.65. The topological polar surface area (TPSA) is 77.9 Å². The van der Waals surface area contributed by atoms with Crippen molar-refractivity contribution in [3.8, 4) is 5.88 Å². The molecular weight excluding hydrogens is 286 g/mol. The van der Waals surface area contributed by atoms with Crippen LogP contribution in [0.2, 0.25) is 0 Å². The van der Waals surface area contributed by atoms with E-state index >= 15 is 0 Å². The maximum atomic E-state index is 11.1. The second-order valence-electron chi connectivity index (χ2n) is 4.57. The first-order chi connectivity index (χ1) is 10.7. The summed E-state index contributed by atoms with van der Waals surface area (Å²) in [4.78, 5) is 15.0. The molecule has 2 aromatic rings. The third-order valence-corrected chi connectivity index (χ3v) is 3.01. The number of hydrogen-bond acceptors (Lipinski definition) is 5. The van der Waals surface area contributed by atoms with Crippen molar-refractivity contribution in [2.24, 2.45) is 0 Å². The van der Waals surface area contributed by atoms with Crippen molar-refractivity contribution in [1.82, 2.24) is 4.98 Å². The maximum absolute atomic E-state index is 11.1. The lowest BCUT2D eigenvalue weighted by Crippen LogP contribution is -2.14. The molecule has 2 heterocycles. The Kier molecular flexibility index (Phi) is 3.91. The van der Waals surface area contributed by atoms with Gasteiger partial charge in [-0.15, -0.1) is 0 Å². The van der Waals surface area contributed by atoms with Gasteiger partial charge in [0, 0.05) is 12.6 Å². The number of carboxylic acid groups (broad SMARTS) is 1. The number of carboxylic acids is 1. The molecule has 0 amide bonds. The first kappa shape index (κ1) is 13.9. The Morgan fingerprint density at radius 2 is 2.05 bits per heavy atom. The monoisotopic (exact) mass is 299 g/mol. The Morgan fingerprint density at radius 1 is 1.23 bits per heavy atom. The standard InChI is InChI=1S/C16H13NO5/c18-16(19)12-7-4-8-17-15(12)22-14-10-20-13(21-14)9-11-5-2-1-3-6-11/h1-8,10,13H,9H2,(H,18,19). The van der Waals surface area contributed by atoms with Crippen molar-refractivity contribution in [2.45, 2.75) is 12.7 Å². The molecule has 3 rings (SSSR count). The van der Waals surface area contributed by atoms with Gasteiger partial charge in [0.15, 0.2) is 6.26 Å². The Bertz CT molecular complexity index is 699. The van der Waals surface area contributed by atoms with Crippen LogP contribution in [0, 0.1) is 0 Å². The van der Waals surface area contributed by atoms with E-state index in [4.69, 9.17) is 19.3 Å². The highest BCUT2D eigenvalue weighted by Gasteiger charge is 2.23. The van der Waals surface area contributed by atoms with E-state index in [-0.39, 0.29) is 17.4 Å². The van der Waals surface area contributed by atoms with E-state index in [1.165, 1.54) is 24.6 Å². The molecule has 0 aliphatic carbocycles. The maximum Gasteiger partial charge on any atom is 0.341 e. The van der Waals surface area contributed by atoms with Gasteiger partial charge in [-0.05, 0) is 17.7 Å². The molecule has 0 bridgehead atoms. The van der Waals surface area contributed by atoms with Crippen LogP contribution in [0.5, 0.6) is 5.88 Å². The Labute approximate surface area is 126 Å². The SMILES string of the molecule is O=C(O)c1cccnc1OC1=COC(Cc2ccccc2)O1. The van der Waals surface area contributed by atoms with Crippen molar-refractivity contribution < 1.29 is 24.1 Å². The third kappa shape index (κ3) is 3.17. The summed E-state index contributed by atoms with van der Waals surface area (Å²) in [5, 5.41) is 9.07. The van der Waals surface area contributed by atoms with E-state index < -0.39 is 12.3 Å². The number of nitrogens with zero attached hydrogens (tertiary/aromatic N) is 1. The normalized spacial score (nSPS) is 16.4. The number of aromatic nitrogens is 1. The van der Waals surface area contributed by atoms with Crippen LogP contribution >= 0.6 is 0 Å². The Morgan fingerprint density at radius 3 is 2.82 bits per heavy atom. The van der Waals surface area contributed by atoms with Gasteiger partial charge in [-0.25, -0.2) is 9.78 Å². The summed E-state index contributed by atoms with van der Waals surface area (Å²) >= 11 is 0. The average Bonchev–Trinajstić information content (AvgIpc) is 2.96. The molecule has 0 fully saturated rings. The molecule has 1 aromatic heterocycles. The highest BCUT2D eigenvalue weighted by Crippen LogP contribution is 2.23. The second-order valence-corrected chi connectivity index (χ2v) is 4.57. The van der Waals surface area contributed by atoms with Crippen LogP contribution in [0.25, 0.3) is 0 Å². The molecule has 0 spiro atoms. The fourth-order valence-electron chi connectivity index (χ4n) is 1.99. The molecule has 112 valence electrons. The fourth-order valence-corrected chi connectivity index (χ4v) is 1.99. The van der Waals surface area contributed by atoms with Crippen LogP contribution in [-0.2, 0) is 15.9 Å². The zero-order valence-electron chi connectivity index (χ0n) is 11.5. The quantitative estimate of drug-likeness (QED) is 0.914. The summed E-state index contributed by atoms with van der Waals surface area (Å²) in [5.74, 6) is -1.07. The average molecular weight is 299 g/mol. The Hall–Kier alpha value is -3.02. The van der Waals surface area contributed by atoms with Gasteiger partial charge in [0.05, 0.1) is 0 Å². The summed E-state index contributed by atoms with van der Waals surface area (Å²) < 4.78 is 16.2. The van der Waals surface area contributed by atoms with Gasteiger partial charge in [-0.1, -0.05) is 30.3 Å². The van der Waals surface area contributed by atoms with E-state index in [1.807, 2.05) is 30.3 Å². The largest absolute Gasteiger partial charge is 0.477 e. The highest BCUT2D eigenvalue weighted by molar-refractivity contribution is 5.90. The van der Waals surface area contributed by atoms with Crippen LogP contribution in [-0.4, -0.2) is 22.3 Å². The van der Waals surface area contributed by atoms with Gasteiger partial charge in [0.25, 0.3) is 0 Å². The summed E-state index contributed by atoms with van der Waals surface area (Å²) in [5.41, 5.74) is 1.02. The number of carbonyl (C=O) groups is 1. The van der Waals surface area contributed by atoms with Gasteiger partial charge in [0.2, 0.25) is 12.2 Å². The van der Waals surface area contributed by atoms with Crippen LogP contribution in [0.4, 0.5) is 0 Å². The minimum atomic E-state index is -1.12. The lowest BCUT2D eigenvalue weighted by molar-refractivity contribution is -0.0525. The summed E-state index contributed by atoms with van der Waals surface area (Å²) in [6.45, 7) is 0. The Balaban J connectivity index is 1.63. The van der Waals surface area contributed by atoms with E-state index in [0.29, 0.717) is 6.42 Å². The zero-order valence-corrected chi connectivity index (χ0v) is 11.5.